The van der Waals surface area contributed by atoms with E-state index in [-0.39, 0.29) is 10.8 Å². The fourth-order valence-electron chi connectivity index (χ4n) is 1.34. The smallest absolute Gasteiger partial charge is 0.276 e. The molecule has 0 aliphatic carbocycles. The van der Waals surface area contributed by atoms with Crippen molar-refractivity contribution in [3.63, 3.8) is 0 Å². The summed E-state index contributed by atoms with van der Waals surface area (Å²) in [5.41, 5.74) is -0.0311. The molecule has 6 heteroatoms. The summed E-state index contributed by atoms with van der Waals surface area (Å²) in [4.78, 5) is 16.2. The predicted molar refractivity (Wildman–Crippen MR) is 68.6 cm³/mol. The van der Waals surface area contributed by atoms with Gasteiger partial charge in [-0.15, -0.1) is 0 Å². The summed E-state index contributed by atoms with van der Waals surface area (Å²) in [5, 5.41) is 10.8. The largest absolute Gasteiger partial charge is 0.359 e. The van der Waals surface area contributed by atoms with Gasteiger partial charge in [0.05, 0.1) is 17.1 Å². The van der Waals surface area contributed by atoms with E-state index in [2.05, 4.69) is 18.8 Å². The first-order chi connectivity index (χ1) is 7.90. The van der Waals surface area contributed by atoms with Gasteiger partial charge in [-0.2, -0.15) is 0 Å². The van der Waals surface area contributed by atoms with Crippen LogP contribution in [0, 0.1) is 16.0 Å². The molecule has 0 aromatic carbocycles. The van der Waals surface area contributed by atoms with E-state index in [9.17, 15) is 10.1 Å². The molecule has 1 rings (SSSR count). The van der Waals surface area contributed by atoms with Crippen LogP contribution in [0.3, 0.4) is 0 Å². The number of nitrogens with zero attached hydrogens (tertiary/aromatic N) is 3. The van der Waals surface area contributed by atoms with Gasteiger partial charge in [-0.1, -0.05) is 25.4 Å². The Morgan fingerprint density at radius 1 is 1.53 bits per heavy atom. The Balaban J connectivity index is 2.86. The Kier molecular flexibility index (Phi) is 4.69. The van der Waals surface area contributed by atoms with Crippen molar-refractivity contribution in [3.8, 4) is 0 Å². The van der Waals surface area contributed by atoms with Crippen LogP contribution in [0.25, 0.3) is 0 Å². The molecule has 1 heterocycles. The molecule has 0 saturated heterocycles. The Labute approximate surface area is 106 Å². The third-order valence-corrected chi connectivity index (χ3v) is 2.60. The number of hydrogen-bond donors (Lipinski definition) is 0. The third-order valence-electron chi connectivity index (χ3n) is 2.41. The summed E-state index contributed by atoms with van der Waals surface area (Å²) in [7, 11) is 1.85. The number of hydrogen-bond acceptors (Lipinski definition) is 4. The first kappa shape index (κ1) is 13.7. The van der Waals surface area contributed by atoms with Crippen LogP contribution in [0.2, 0.25) is 5.15 Å². The zero-order valence-corrected chi connectivity index (χ0v) is 10.9. The van der Waals surface area contributed by atoms with E-state index in [1.54, 1.807) is 0 Å². The van der Waals surface area contributed by atoms with Gasteiger partial charge in [-0.3, -0.25) is 10.1 Å². The van der Waals surface area contributed by atoms with Crippen molar-refractivity contribution in [2.24, 2.45) is 5.92 Å². The van der Waals surface area contributed by atoms with Crippen LogP contribution >= 0.6 is 11.6 Å². The summed E-state index contributed by atoms with van der Waals surface area (Å²) < 4.78 is 0. The molecule has 0 saturated carbocycles. The fraction of sp³-hybridized carbons (Fsp3) is 0.545. The molecule has 0 spiro atoms. The average Bonchev–Trinajstić information content (AvgIpc) is 2.24. The SMILES string of the molecule is CC(C)CCN(C)c1cc([N+](=O)[O-])cc(Cl)n1. The van der Waals surface area contributed by atoms with Crippen LogP contribution in [0.4, 0.5) is 11.5 Å². The van der Waals surface area contributed by atoms with Crippen molar-refractivity contribution in [1.29, 1.82) is 0 Å². The molecule has 94 valence electrons. The molecule has 0 unspecified atom stereocenters. The highest BCUT2D eigenvalue weighted by Gasteiger charge is 2.13. The first-order valence-corrected chi connectivity index (χ1v) is 5.81. The van der Waals surface area contributed by atoms with Gasteiger partial charge in [0.15, 0.2) is 0 Å². The maximum Gasteiger partial charge on any atom is 0.276 e. The molecule has 0 radical (unpaired) electrons. The Hall–Kier alpha value is -1.36. The molecule has 0 amide bonds. The minimum absolute atomic E-state index is 0.0311. The standard InChI is InChI=1S/C11H16ClN3O2/c1-8(2)4-5-14(3)11-7-9(15(16)17)6-10(12)13-11/h6-8H,4-5H2,1-3H3. The topological polar surface area (TPSA) is 59.3 Å². The molecular formula is C11H16ClN3O2. The maximum atomic E-state index is 10.7. The van der Waals surface area contributed by atoms with Crippen LogP contribution in [-0.2, 0) is 0 Å². The molecule has 0 aliphatic rings. The van der Waals surface area contributed by atoms with Crippen molar-refractivity contribution in [1.82, 2.24) is 4.98 Å². The van der Waals surface area contributed by atoms with Crippen molar-refractivity contribution >= 4 is 23.1 Å². The van der Waals surface area contributed by atoms with Gasteiger partial charge in [0.2, 0.25) is 0 Å². The Morgan fingerprint density at radius 3 is 2.71 bits per heavy atom. The van der Waals surface area contributed by atoms with E-state index < -0.39 is 4.92 Å². The summed E-state index contributed by atoms with van der Waals surface area (Å²) in [6, 6.07) is 2.69. The molecule has 17 heavy (non-hydrogen) atoms. The lowest BCUT2D eigenvalue weighted by Gasteiger charge is -2.19. The normalized spacial score (nSPS) is 10.6. The molecule has 1 aromatic rings. The molecule has 0 aliphatic heterocycles. The maximum absolute atomic E-state index is 10.7. The summed E-state index contributed by atoms with van der Waals surface area (Å²) in [6.07, 6.45) is 0.999. The van der Waals surface area contributed by atoms with E-state index in [1.807, 2.05) is 11.9 Å². The molecule has 0 N–H and O–H groups in total. The lowest BCUT2D eigenvalue weighted by molar-refractivity contribution is -0.384. The van der Waals surface area contributed by atoms with Crippen LogP contribution in [0.15, 0.2) is 12.1 Å². The molecule has 5 nitrogen and oxygen atoms in total. The van der Waals surface area contributed by atoms with Gasteiger partial charge >= 0.3 is 0 Å². The minimum atomic E-state index is -0.465. The quantitative estimate of drug-likeness (QED) is 0.462. The first-order valence-electron chi connectivity index (χ1n) is 5.43. The fourth-order valence-corrected chi connectivity index (χ4v) is 1.54. The van der Waals surface area contributed by atoms with Gasteiger partial charge < -0.3 is 4.90 Å². The van der Waals surface area contributed by atoms with Gasteiger partial charge in [0, 0.05) is 13.6 Å². The van der Waals surface area contributed by atoms with Crippen LogP contribution in [0.5, 0.6) is 0 Å². The third kappa shape index (κ3) is 4.19. The van der Waals surface area contributed by atoms with E-state index in [4.69, 9.17) is 11.6 Å². The van der Waals surface area contributed by atoms with Crippen molar-refractivity contribution in [2.45, 2.75) is 20.3 Å². The number of halogens is 1. The second-order valence-corrected chi connectivity index (χ2v) is 4.75. The van der Waals surface area contributed by atoms with Crippen molar-refractivity contribution < 1.29 is 4.92 Å². The summed E-state index contributed by atoms with van der Waals surface area (Å²) in [6.45, 7) is 5.05. The van der Waals surface area contributed by atoms with Gasteiger partial charge in [-0.25, -0.2) is 4.98 Å². The van der Waals surface area contributed by atoms with Gasteiger partial charge in [0.25, 0.3) is 5.69 Å². The van der Waals surface area contributed by atoms with E-state index in [0.29, 0.717) is 11.7 Å². The number of pyridine rings is 1. The molecule has 0 atom stereocenters. The van der Waals surface area contributed by atoms with E-state index >= 15 is 0 Å². The van der Waals surface area contributed by atoms with Gasteiger partial charge in [-0.05, 0) is 12.3 Å². The zero-order valence-electron chi connectivity index (χ0n) is 10.2. The Morgan fingerprint density at radius 2 is 2.18 bits per heavy atom. The van der Waals surface area contributed by atoms with Gasteiger partial charge in [0.1, 0.15) is 11.0 Å². The monoisotopic (exact) mass is 257 g/mol. The highest BCUT2D eigenvalue weighted by atomic mass is 35.5. The Bertz CT molecular complexity index is 410. The lowest BCUT2D eigenvalue weighted by atomic mass is 10.1. The van der Waals surface area contributed by atoms with Crippen LogP contribution in [-0.4, -0.2) is 23.5 Å². The number of rotatable bonds is 5. The average molecular weight is 258 g/mol. The van der Waals surface area contributed by atoms with Crippen LogP contribution < -0.4 is 4.90 Å². The van der Waals surface area contributed by atoms with E-state index in [0.717, 1.165) is 13.0 Å². The zero-order chi connectivity index (χ0) is 13.0. The summed E-state index contributed by atoms with van der Waals surface area (Å²) in [5.74, 6) is 1.11. The van der Waals surface area contributed by atoms with Crippen molar-refractivity contribution in [3.05, 3.63) is 27.4 Å². The van der Waals surface area contributed by atoms with Crippen LogP contribution in [0.1, 0.15) is 20.3 Å². The number of anilines is 1. The number of nitro groups is 1. The van der Waals surface area contributed by atoms with Crippen molar-refractivity contribution in [2.75, 3.05) is 18.5 Å². The van der Waals surface area contributed by atoms with E-state index in [1.165, 1.54) is 12.1 Å². The highest BCUT2D eigenvalue weighted by Crippen LogP contribution is 2.22. The predicted octanol–water partition coefficient (Wildman–Crippen LogP) is 3.13. The minimum Gasteiger partial charge on any atom is -0.359 e. The highest BCUT2D eigenvalue weighted by molar-refractivity contribution is 6.29. The molecular weight excluding hydrogens is 242 g/mol. The lowest BCUT2D eigenvalue weighted by Crippen LogP contribution is -2.21. The second kappa shape index (κ2) is 5.82. The summed E-state index contributed by atoms with van der Waals surface area (Å²) >= 11 is 5.76. The second-order valence-electron chi connectivity index (χ2n) is 4.37. The molecule has 0 bridgehead atoms. The molecule has 1 aromatic heterocycles. The number of aromatic nitrogens is 1. The molecule has 0 fully saturated rings.